The number of hydrogen-bond donors (Lipinski definition) is 2. The average molecular weight is 323 g/mol. The zero-order valence-electron chi connectivity index (χ0n) is 12.2. The monoisotopic (exact) mass is 323 g/mol. The summed E-state index contributed by atoms with van der Waals surface area (Å²) >= 11 is 0. The standard InChI is InChI=1S/C16H18FNO3S/c1-12-7-14(17)10-16(8-12)22(20,21)18-11-15(19)9-13-5-3-2-4-6-13/h2-8,10,15,18-19H,9,11H2,1H3. The normalized spacial score (nSPS) is 13.0. The van der Waals surface area contributed by atoms with Gasteiger partial charge in [-0.25, -0.2) is 17.5 Å². The van der Waals surface area contributed by atoms with Crippen LogP contribution < -0.4 is 4.72 Å². The minimum atomic E-state index is -3.84. The highest BCUT2D eigenvalue weighted by Crippen LogP contribution is 2.14. The summed E-state index contributed by atoms with van der Waals surface area (Å²) in [7, 11) is -3.84. The molecule has 0 heterocycles. The molecule has 1 atom stereocenters. The Kier molecular flexibility index (Phi) is 5.28. The molecule has 0 aliphatic carbocycles. The molecule has 4 nitrogen and oxygen atoms in total. The van der Waals surface area contributed by atoms with Crippen LogP contribution in [0.3, 0.4) is 0 Å². The van der Waals surface area contributed by atoms with E-state index in [-0.39, 0.29) is 11.4 Å². The van der Waals surface area contributed by atoms with E-state index in [0.29, 0.717) is 12.0 Å². The second-order valence-corrected chi connectivity index (χ2v) is 6.93. The molecule has 2 aromatic carbocycles. The second-order valence-electron chi connectivity index (χ2n) is 5.16. The van der Waals surface area contributed by atoms with Gasteiger partial charge in [0.25, 0.3) is 0 Å². The van der Waals surface area contributed by atoms with Gasteiger partial charge in [0.15, 0.2) is 0 Å². The molecule has 0 radical (unpaired) electrons. The van der Waals surface area contributed by atoms with Crippen LogP contribution in [0.5, 0.6) is 0 Å². The Morgan fingerprint density at radius 1 is 1.18 bits per heavy atom. The van der Waals surface area contributed by atoms with Crippen LogP contribution in [0.4, 0.5) is 4.39 Å². The summed E-state index contributed by atoms with van der Waals surface area (Å²) in [5.74, 6) is -0.606. The fourth-order valence-corrected chi connectivity index (χ4v) is 3.29. The van der Waals surface area contributed by atoms with Crippen LogP contribution in [0, 0.1) is 12.7 Å². The summed E-state index contributed by atoms with van der Waals surface area (Å²) in [5, 5.41) is 9.92. The van der Waals surface area contributed by atoms with Crippen molar-refractivity contribution < 1.29 is 17.9 Å². The van der Waals surface area contributed by atoms with Gasteiger partial charge in [-0.3, -0.25) is 0 Å². The fourth-order valence-electron chi connectivity index (χ4n) is 2.11. The minimum Gasteiger partial charge on any atom is -0.391 e. The van der Waals surface area contributed by atoms with Gasteiger partial charge in [0.2, 0.25) is 10.0 Å². The van der Waals surface area contributed by atoms with Crippen molar-refractivity contribution in [2.45, 2.75) is 24.3 Å². The van der Waals surface area contributed by atoms with E-state index in [1.54, 1.807) is 6.92 Å². The van der Waals surface area contributed by atoms with Gasteiger partial charge in [0, 0.05) is 6.54 Å². The molecule has 0 saturated carbocycles. The lowest BCUT2D eigenvalue weighted by atomic mass is 10.1. The number of benzene rings is 2. The molecule has 0 bridgehead atoms. The third-order valence-electron chi connectivity index (χ3n) is 3.15. The average Bonchev–Trinajstić information content (AvgIpc) is 2.45. The summed E-state index contributed by atoms with van der Waals surface area (Å²) in [6.45, 7) is 1.49. The molecule has 0 fully saturated rings. The zero-order valence-corrected chi connectivity index (χ0v) is 13.0. The molecule has 2 rings (SSSR count). The summed E-state index contributed by atoms with van der Waals surface area (Å²) in [6.07, 6.45) is -0.516. The molecule has 22 heavy (non-hydrogen) atoms. The maximum atomic E-state index is 13.3. The highest BCUT2D eigenvalue weighted by atomic mass is 32.2. The first-order chi connectivity index (χ1) is 10.4. The van der Waals surface area contributed by atoms with Crippen molar-refractivity contribution in [1.82, 2.24) is 4.72 Å². The highest BCUT2D eigenvalue weighted by Gasteiger charge is 2.17. The Balaban J connectivity index is 2.00. The minimum absolute atomic E-state index is 0.132. The van der Waals surface area contributed by atoms with Gasteiger partial charge in [-0.05, 0) is 42.7 Å². The third kappa shape index (κ3) is 4.62. The van der Waals surface area contributed by atoms with Crippen molar-refractivity contribution in [1.29, 1.82) is 0 Å². The Bertz CT molecular complexity index is 712. The lowest BCUT2D eigenvalue weighted by Crippen LogP contribution is -2.33. The van der Waals surface area contributed by atoms with E-state index >= 15 is 0 Å². The second kappa shape index (κ2) is 7.00. The maximum absolute atomic E-state index is 13.3. The lowest BCUT2D eigenvalue weighted by Gasteiger charge is -2.13. The Morgan fingerprint density at radius 3 is 2.50 bits per heavy atom. The quantitative estimate of drug-likeness (QED) is 0.855. The molecular formula is C16H18FNO3S. The van der Waals surface area contributed by atoms with Crippen molar-refractivity contribution in [2.75, 3.05) is 6.54 Å². The van der Waals surface area contributed by atoms with Gasteiger partial charge >= 0.3 is 0 Å². The molecule has 2 aromatic rings. The molecule has 0 saturated heterocycles. The molecule has 0 aromatic heterocycles. The molecule has 6 heteroatoms. The van der Waals surface area contributed by atoms with Crippen LogP contribution >= 0.6 is 0 Å². The van der Waals surface area contributed by atoms with E-state index in [9.17, 15) is 17.9 Å². The topological polar surface area (TPSA) is 66.4 Å². The van der Waals surface area contributed by atoms with Gasteiger partial charge in [0.1, 0.15) is 5.82 Å². The van der Waals surface area contributed by atoms with Gasteiger partial charge < -0.3 is 5.11 Å². The van der Waals surface area contributed by atoms with Crippen molar-refractivity contribution in [2.24, 2.45) is 0 Å². The number of halogens is 1. The predicted molar refractivity (Wildman–Crippen MR) is 82.5 cm³/mol. The molecule has 0 spiro atoms. The summed E-state index contributed by atoms with van der Waals surface area (Å²) in [4.78, 5) is -0.142. The van der Waals surface area contributed by atoms with Gasteiger partial charge in [-0.2, -0.15) is 0 Å². The third-order valence-corrected chi connectivity index (χ3v) is 4.55. The van der Waals surface area contributed by atoms with Crippen LogP contribution in [0.1, 0.15) is 11.1 Å². The maximum Gasteiger partial charge on any atom is 0.240 e. The van der Waals surface area contributed by atoms with Crippen LogP contribution in [-0.2, 0) is 16.4 Å². The number of sulfonamides is 1. The van der Waals surface area contributed by atoms with Crippen LogP contribution in [0.25, 0.3) is 0 Å². The first-order valence-corrected chi connectivity index (χ1v) is 8.34. The number of aryl methyl sites for hydroxylation is 1. The first kappa shape index (κ1) is 16.6. The Labute approximate surface area is 129 Å². The van der Waals surface area contributed by atoms with E-state index in [4.69, 9.17) is 0 Å². The summed E-state index contributed by atoms with van der Waals surface area (Å²) in [6, 6.07) is 12.9. The largest absolute Gasteiger partial charge is 0.391 e. The molecule has 118 valence electrons. The van der Waals surface area contributed by atoms with Gasteiger partial charge in [-0.15, -0.1) is 0 Å². The number of aliphatic hydroxyl groups excluding tert-OH is 1. The van der Waals surface area contributed by atoms with E-state index in [1.807, 2.05) is 30.3 Å². The van der Waals surface area contributed by atoms with E-state index in [0.717, 1.165) is 11.6 Å². The Morgan fingerprint density at radius 2 is 1.86 bits per heavy atom. The van der Waals surface area contributed by atoms with Crippen molar-refractivity contribution in [3.63, 3.8) is 0 Å². The number of nitrogens with one attached hydrogen (secondary N) is 1. The lowest BCUT2D eigenvalue weighted by molar-refractivity contribution is 0.179. The molecular weight excluding hydrogens is 305 g/mol. The van der Waals surface area contributed by atoms with Crippen LogP contribution in [0.15, 0.2) is 53.4 Å². The molecule has 0 aliphatic heterocycles. The fraction of sp³-hybridized carbons (Fsp3) is 0.250. The SMILES string of the molecule is Cc1cc(F)cc(S(=O)(=O)NCC(O)Cc2ccccc2)c1. The highest BCUT2D eigenvalue weighted by molar-refractivity contribution is 7.89. The summed E-state index contributed by atoms with van der Waals surface area (Å²) in [5.41, 5.74) is 1.43. The van der Waals surface area contributed by atoms with E-state index in [1.165, 1.54) is 12.1 Å². The van der Waals surface area contributed by atoms with E-state index in [2.05, 4.69) is 4.72 Å². The van der Waals surface area contributed by atoms with E-state index < -0.39 is 21.9 Å². The van der Waals surface area contributed by atoms with Crippen LogP contribution in [0.2, 0.25) is 0 Å². The molecule has 2 N–H and O–H groups in total. The number of rotatable bonds is 6. The van der Waals surface area contributed by atoms with Crippen molar-refractivity contribution in [3.05, 3.63) is 65.5 Å². The number of aliphatic hydroxyl groups is 1. The number of hydrogen-bond acceptors (Lipinski definition) is 3. The van der Waals surface area contributed by atoms with Gasteiger partial charge in [0.05, 0.1) is 11.0 Å². The van der Waals surface area contributed by atoms with Crippen molar-refractivity contribution in [3.8, 4) is 0 Å². The molecule has 0 aliphatic rings. The molecule has 0 amide bonds. The first-order valence-electron chi connectivity index (χ1n) is 6.86. The van der Waals surface area contributed by atoms with Crippen LogP contribution in [-0.4, -0.2) is 26.2 Å². The molecule has 1 unspecified atom stereocenters. The van der Waals surface area contributed by atoms with Crippen molar-refractivity contribution >= 4 is 10.0 Å². The Hall–Kier alpha value is -1.76. The predicted octanol–water partition coefficient (Wildman–Crippen LogP) is 2.02. The smallest absolute Gasteiger partial charge is 0.240 e. The zero-order chi connectivity index (χ0) is 16.2. The van der Waals surface area contributed by atoms with Gasteiger partial charge in [-0.1, -0.05) is 30.3 Å². The summed E-state index contributed by atoms with van der Waals surface area (Å²) < 4.78 is 39.8.